The van der Waals surface area contributed by atoms with Crippen molar-refractivity contribution in [3.05, 3.63) is 35.4 Å². The minimum atomic E-state index is -0.134. The van der Waals surface area contributed by atoms with Crippen LogP contribution in [-0.2, 0) is 0 Å². The molecule has 1 aromatic carbocycles. The fourth-order valence-electron chi connectivity index (χ4n) is 2.81. The molecule has 0 aromatic heterocycles. The molecule has 0 spiro atoms. The highest BCUT2D eigenvalue weighted by atomic mass is 79.9. The summed E-state index contributed by atoms with van der Waals surface area (Å²) in [6.45, 7) is 2.74. The molecule has 0 fully saturated rings. The van der Waals surface area contributed by atoms with Gasteiger partial charge in [-0.15, -0.1) is 0 Å². The minimum absolute atomic E-state index is 0.134. The van der Waals surface area contributed by atoms with Crippen LogP contribution in [0.5, 0.6) is 0 Å². The molecule has 120 valence electrons. The fourth-order valence-corrected chi connectivity index (χ4v) is 3.14. The van der Waals surface area contributed by atoms with Crippen molar-refractivity contribution in [3.8, 4) is 0 Å². The van der Waals surface area contributed by atoms with Crippen LogP contribution in [0.15, 0.2) is 24.3 Å². The number of carbonyl (C=O) groups is 2. The average molecular weight is 366 g/mol. The third kappa shape index (κ3) is 4.19. The van der Waals surface area contributed by atoms with E-state index in [-0.39, 0.29) is 11.8 Å². The quantitative estimate of drug-likeness (QED) is 0.358. The second-order valence-corrected chi connectivity index (χ2v) is 7.16. The van der Waals surface area contributed by atoms with Crippen LogP contribution in [0.4, 0.5) is 0 Å². The summed E-state index contributed by atoms with van der Waals surface area (Å²) in [4.78, 5) is 26.4. The van der Waals surface area contributed by atoms with Crippen molar-refractivity contribution in [1.82, 2.24) is 4.90 Å². The number of carbonyl (C=O) groups excluding carboxylic acids is 2. The van der Waals surface area contributed by atoms with E-state index in [2.05, 4.69) is 22.9 Å². The van der Waals surface area contributed by atoms with Crippen molar-refractivity contribution in [1.29, 1.82) is 0 Å². The summed E-state index contributed by atoms with van der Waals surface area (Å²) in [5.41, 5.74) is 1.10. The molecule has 3 nitrogen and oxygen atoms in total. The van der Waals surface area contributed by atoms with E-state index in [4.69, 9.17) is 0 Å². The van der Waals surface area contributed by atoms with Gasteiger partial charge in [0.1, 0.15) is 0 Å². The Bertz CT molecular complexity index is 495. The first-order valence-corrected chi connectivity index (χ1v) is 9.16. The number of rotatable bonds is 9. The highest BCUT2D eigenvalue weighted by Gasteiger charge is 2.34. The van der Waals surface area contributed by atoms with Gasteiger partial charge in [0, 0.05) is 11.4 Å². The van der Waals surface area contributed by atoms with E-state index in [9.17, 15) is 9.59 Å². The first-order valence-electron chi connectivity index (χ1n) is 8.24. The molecular formula is C18H24BrNO2. The van der Waals surface area contributed by atoms with Gasteiger partial charge in [-0.2, -0.15) is 0 Å². The summed E-state index contributed by atoms with van der Waals surface area (Å²) >= 11 is 3.65. The van der Waals surface area contributed by atoms with E-state index < -0.39 is 0 Å². The van der Waals surface area contributed by atoms with E-state index in [1.807, 2.05) is 0 Å². The lowest BCUT2D eigenvalue weighted by Crippen LogP contribution is -2.30. The van der Waals surface area contributed by atoms with Crippen LogP contribution in [0.25, 0.3) is 0 Å². The van der Waals surface area contributed by atoms with Gasteiger partial charge in [0.2, 0.25) is 0 Å². The molecule has 0 saturated carbocycles. The first kappa shape index (κ1) is 17.2. The number of imide groups is 1. The average Bonchev–Trinajstić information content (AvgIpc) is 2.78. The fraction of sp³-hybridized carbons (Fsp3) is 0.556. The number of fused-ring (bicyclic) bond motifs is 1. The van der Waals surface area contributed by atoms with Crippen LogP contribution in [0.1, 0.15) is 72.6 Å². The molecule has 0 saturated heterocycles. The van der Waals surface area contributed by atoms with E-state index in [1.54, 1.807) is 24.3 Å². The van der Waals surface area contributed by atoms with Crippen LogP contribution in [-0.4, -0.2) is 28.1 Å². The van der Waals surface area contributed by atoms with Crippen molar-refractivity contribution >= 4 is 27.7 Å². The van der Waals surface area contributed by atoms with Gasteiger partial charge < -0.3 is 0 Å². The van der Waals surface area contributed by atoms with Gasteiger partial charge in [-0.1, -0.05) is 60.7 Å². The molecule has 1 atom stereocenters. The number of hydrogen-bond donors (Lipinski definition) is 0. The lowest BCUT2D eigenvalue weighted by molar-refractivity contribution is 0.0651. The summed E-state index contributed by atoms with van der Waals surface area (Å²) in [7, 11) is 0. The van der Waals surface area contributed by atoms with Crippen LogP contribution < -0.4 is 0 Å². The summed E-state index contributed by atoms with van der Waals surface area (Å²) in [5, 5.41) is 0. The predicted octanol–water partition coefficient (Wildman–Crippen LogP) is 4.80. The third-order valence-electron chi connectivity index (χ3n) is 4.22. The van der Waals surface area contributed by atoms with E-state index in [0.717, 1.165) is 12.8 Å². The van der Waals surface area contributed by atoms with E-state index >= 15 is 0 Å². The molecule has 0 N–H and O–H groups in total. The Labute approximate surface area is 141 Å². The van der Waals surface area contributed by atoms with Gasteiger partial charge in [-0.25, -0.2) is 0 Å². The molecule has 1 aromatic rings. The summed E-state index contributed by atoms with van der Waals surface area (Å²) < 4.78 is 0. The molecule has 1 heterocycles. The molecule has 22 heavy (non-hydrogen) atoms. The number of hydrogen-bond acceptors (Lipinski definition) is 2. The van der Waals surface area contributed by atoms with Crippen LogP contribution in [0, 0.1) is 0 Å². The largest absolute Gasteiger partial charge is 0.274 e. The minimum Gasteiger partial charge on any atom is -0.274 e. The number of alkyl halides is 1. The molecule has 1 aliphatic heterocycles. The van der Waals surface area contributed by atoms with Crippen LogP contribution in [0.2, 0.25) is 0 Å². The monoisotopic (exact) mass is 365 g/mol. The molecule has 2 amide bonds. The second-order valence-electron chi connectivity index (χ2n) is 5.87. The Morgan fingerprint density at radius 3 is 2.09 bits per heavy atom. The van der Waals surface area contributed by atoms with Gasteiger partial charge >= 0.3 is 0 Å². The molecule has 0 radical (unpaired) electrons. The SMILES string of the molecule is CCC(Br)CCCCCCCN1C(=O)c2ccccc2C1=O. The molecule has 2 rings (SSSR count). The molecular weight excluding hydrogens is 342 g/mol. The van der Waals surface area contributed by atoms with Crippen molar-refractivity contribution < 1.29 is 9.59 Å². The Morgan fingerprint density at radius 2 is 1.50 bits per heavy atom. The topological polar surface area (TPSA) is 37.4 Å². The highest BCUT2D eigenvalue weighted by molar-refractivity contribution is 9.09. The zero-order valence-corrected chi connectivity index (χ0v) is 14.8. The molecule has 0 bridgehead atoms. The maximum atomic E-state index is 12.2. The number of unbranched alkanes of at least 4 members (excludes halogenated alkanes) is 4. The van der Waals surface area contributed by atoms with Gasteiger partial charge in [-0.3, -0.25) is 14.5 Å². The Morgan fingerprint density at radius 1 is 0.955 bits per heavy atom. The summed E-state index contributed by atoms with van der Waals surface area (Å²) in [6, 6.07) is 7.09. The number of halogens is 1. The van der Waals surface area contributed by atoms with Crippen molar-refractivity contribution in [2.45, 2.75) is 56.7 Å². The molecule has 1 aliphatic rings. The lowest BCUT2D eigenvalue weighted by atomic mass is 10.1. The maximum absolute atomic E-state index is 12.2. The normalized spacial score (nSPS) is 15.3. The zero-order valence-electron chi connectivity index (χ0n) is 13.2. The molecule has 0 aliphatic carbocycles. The predicted molar refractivity (Wildman–Crippen MR) is 92.5 cm³/mol. The van der Waals surface area contributed by atoms with Crippen LogP contribution >= 0.6 is 15.9 Å². The molecule has 4 heteroatoms. The Hall–Kier alpha value is -1.16. The van der Waals surface area contributed by atoms with Gasteiger partial charge in [-0.05, 0) is 31.4 Å². The number of amides is 2. The first-order chi connectivity index (χ1) is 10.6. The smallest absolute Gasteiger partial charge is 0.261 e. The van der Waals surface area contributed by atoms with Crippen molar-refractivity contribution in [2.75, 3.05) is 6.54 Å². The Kier molecular flexibility index (Phi) is 6.62. The summed E-state index contributed by atoms with van der Waals surface area (Å²) in [5.74, 6) is -0.267. The summed E-state index contributed by atoms with van der Waals surface area (Å²) in [6.07, 6.45) is 8.03. The maximum Gasteiger partial charge on any atom is 0.261 e. The van der Waals surface area contributed by atoms with E-state index in [1.165, 1.54) is 37.0 Å². The van der Waals surface area contributed by atoms with Gasteiger partial charge in [0.25, 0.3) is 11.8 Å². The lowest BCUT2D eigenvalue weighted by Gasteiger charge is -2.13. The van der Waals surface area contributed by atoms with Gasteiger partial charge in [0.15, 0.2) is 0 Å². The van der Waals surface area contributed by atoms with Gasteiger partial charge in [0.05, 0.1) is 11.1 Å². The second kappa shape index (κ2) is 8.47. The molecule has 1 unspecified atom stereocenters. The number of benzene rings is 1. The standard InChI is InChI=1S/C18H24BrNO2/c1-2-14(19)10-6-4-3-5-9-13-20-17(21)15-11-7-8-12-16(15)18(20)22/h7-8,11-12,14H,2-6,9-10,13H2,1H3. The number of nitrogens with zero attached hydrogens (tertiary/aromatic N) is 1. The Balaban J connectivity index is 1.67. The zero-order chi connectivity index (χ0) is 15.9. The van der Waals surface area contributed by atoms with Crippen LogP contribution in [0.3, 0.4) is 0 Å². The third-order valence-corrected chi connectivity index (χ3v) is 5.33. The van der Waals surface area contributed by atoms with Crippen molar-refractivity contribution in [2.24, 2.45) is 0 Å². The van der Waals surface area contributed by atoms with E-state index in [0.29, 0.717) is 22.5 Å². The highest BCUT2D eigenvalue weighted by Crippen LogP contribution is 2.23. The van der Waals surface area contributed by atoms with Crippen molar-refractivity contribution in [3.63, 3.8) is 0 Å².